The number of hydrogen-bond acceptors (Lipinski definition) is 2. The third-order valence-electron chi connectivity index (χ3n) is 3.83. The maximum absolute atomic E-state index is 12.2. The van der Waals surface area contributed by atoms with E-state index in [2.05, 4.69) is 47.3 Å². The van der Waals surface area contributed by atoms with Gasteiger partial charge in [0, 0.05) is 22.1 Å². The van der Waals surface area contributed by atoms with Crippen LogP contribution in [0.25, 0.3) is 0 Å². The van der Waals surface area contributed by atoms with Crippen LogP contribution in [0.2, 0.25) is 0 Å². The molecule has 23 heavy (non-hydrogen) atoms. The van der Waals surface area contributed by atoms with Gasteiger partial charge in [-0.2, -0.15) is 0 Å². The van der Waals surface area contributed by atoms with Crippen LogP contribution < -0.4 is 15.4 Å². The molecular weight excluding hydrogens is 356 g/mol. The molecule has 1 aliphatic heterocycles. The van der Waals surface area contributed by atoms with Crippen molar-refractivity contribution in [2.24, 2.45) is 0 Å². The molecule has 0 atom stereocenters. The standard InChI is InChI=1S/C18H19BrN2O2/c1-11-4-9-15(16-14(11)10-18(2,3)23-16)21-17(22)20-13-7-5-12(19)6-8-13/h4-9H,10H2,1-3H3,(H2,20,21,22). The lowest BCUT2D eigenvalue weighted by Crippen LogP contribution is -2.25. The van der Waals surface area contributed by atoms with Crippen LogP contribution in [0, 0.1) is 6.92 Å². The van der Waals surface area contributed by atoms with Crippen molar-refractivity contribution < 1.29 is 9.53 Å². The predicted octanol–water partition coefficient (Wildman–Crippen LogP) is 5.12. The summed E-state index contributed by atoms with van der Waals surface area (Å²) in [5.74, 6) is 0.779. The Labute approximate surface area is 144 Å². The van der Waals surface area contributed by atoms with Crippen molar-refractivity contribution in [2.45, 2.75) is 32.8 Å². The van der Waals surface area contributed by atoms with Crippen molar-refractivity contribution in [3.8, 4) is 5.75 Å². The second-order valence-electron chi connectivity index (χ2n) is 6.36. The lowest BCUT2D eigenvalue weighted by atomic mass is 9.98. The summed E-state index contributed by atoms with van der Waals surface area (Å²) in [6, 6.07) is 11.0. The molecule has 0 bridgehead atoms. The molecule has 2 N–H and O–H groups in total. The van der Waals surface area contributed by atoms with E-state index in [1.165, 1.54) is 5.56 Å². The number of ether oxygens (including phenoxy) is 1. The number of halogens is 1. The Bertz CT molecular complexity index is 754. The zero-order valence-corrected chi connectivity index (χ0v) is 15.0. The average molecular weight is 375 g/mol. The number of fused-ring (bicyclic) bond motifs is 1. The SMILES string of the molecule is Cc1ccc(NC(=O)Nc2ccc(Br)cc2)c2c1CC(C)(C)O2. The highest BCUT2D eigenvalue weighted by atomic mass is 79.9. The van der Waals surface area contributed by atoms with Crippen LogP contribution in [0.4, 0.5) is 16.2 Å². The zero-order valence-electron chi connectivity index (χ0n) is 13.4. The van der Waals surface area contributed by atoms with Crippen LogP contribution in [0.1, 0.15) is 25.0 Å². The smallest absolute Gasteiger partial charge is 0.323 e. The lowest BCUT2D eigenvalue weighted by Gasteiger charge is -2.18. The van der Waals surface area contributed by atoms with E-state index >= 15 is 0 Å². The highest BCUT2D eigenvalue weighted by molar-refractivity contribution is 9.10. The number of urea groups is 1. The normalized spacial score (nSPS) is 14.8. The number of amides is 2. The number of aryl methyl sites for hydroxylation is 1. The third-order valence-corrected chi connectivity index (χ3v) is 4.35. The number of anilines is 2. The molecular formula is C18H19BrN2O2. The maximum atomic E-state index is 12.2. The van der Waals surface area contributed by atoms with E-state index in [4.69, 9.17) is 4.74 Å². The summed E-state index contributed by atoms with van der Waals surface area (Å²) in [6.45, 7) is 6.17. The van der Waals surface area contributed by atoms with E-state index in [-0.39, 0.29) is 11.6 Å². The molecule has 0 spiro atoms. The lowest BCUT2D eigenvalue weighted by molar-refractivity contribution is 0.139. The molecule has 3 rings (SSSR count). The Morgan fingerprint density at radius 1 is 1.13 bits per heavy atom. The van der Waals surface area contributed by atoms with Crippen LogP contribution in [0.3, 0.4) is 0 Å². The van der Waals surface area contributed by atoms with Crippen LogP contribution >= 0.6 is 15.9 Å². The third kappa shape index (κ3) is 3.50. The van der Waals surface area contributed by atoms with Crippen molar-refractivity contribution in [1.29, 1.82) is 0 Å². The molecule has 0 aliphatic carbocycles. The van der Waals surface area contributed by atoms with Gasteiger partial charge in [0.1, 0.15) is 11.4 Å². The summed E-state index contributed by atoms with van der Waals surface area (Å²) in [4.78, 5) is 12.2. The van der Waals surface area contributed by atoms with Gasteiger partial charge >= 0.3 is 6.03 Å². The topological polar surface area (TPSA) is 50.4 Å². The Morgan fingerprint density at radius 2 is 1.83 bits per heavy atom. The Hall–Kier alpha value is -2.01. The largest absolute Gasteiger partial charge is 0.485 e. The van der Waals surface area contributed by atoms with E-state index in [9.17, 15) is 4.79 Å². The summed E-state index contributed by atoms with van der Waals surface area (Å²) < 4.78 is 6.99. The number of carbonyl (C=O) groups is 1. The first-order chi connectivity index (χ1) is 10.8. The molecule has 5 heteroatoms. The minimum atomic E-state index is -0.285. The molecule has 2 aromatic rings. The highest BCUT2D eigenvalue weighted by Gasteiger charge is 2.33. The van der Waals surface area contributed by atoms with Crippen LogP contribution in [-0.2, 0) is 6.42 Å². The first-order valence-electron chi connectivity index (χ1n) is 7.49. The monoisotopic (exact) mass is 374 g/mol. The number of nitrogens with one attached hydrogen (secondary N) is 2. The molecule has 1 aliphatic rings. The van der Waals surface area contributed by atoms with E-state index in [1.807, 2.05) is 36.4 Å². The first kappa shape index (κ1) is 15.9. The molecule has 0 aromatic heterocycles. The second-order valence-corrected chi connectivity index (χ2v) is 7.28. The van der Waals surface area contributed by atoms with Gasteiger partial charge in [-0.15, -0.1) is 0 Å². The van der Waals surface area contributed by atoms with Crippen molar-refractivity contribution >= 4 is 33.3 Å². The molecule has 4 nitrogen and oxygen atoms in total. The quantitative estimate of drug-likeness (QED) is 0.766. The fraction of sp³-hybridized carbons (Fsp3) is 0.278. The Morgan fingerprint density at radius 3 is 2.52 bits per heavy atom. The molecule has 120 valence electrons. The van der Waals surface area contributed by atoms with E-state index in [1.54, 1.807) is 0 Å². The Kier molecular flexibility index (Phi) is 4.06. The van der Waals surface area contributed by atoms with Gasteiger partial charge in [0.15, 0.2) is 0 Å². The number of benzene rings is 2. The van der Waals surface area contributed by atoms with Crippen LogP contribution in [0.5, 0.6) is 5.75 Å². The highest BCUT2D eigenvalue weighted by Crippen LogP contribution is 2.42. The van der Waals surface area contributed by atoms with Crippen molar-refractivity contribution in [3.63, 3.8) is 0 Å². The van der Waals surface area contributed by atoms with Crippen LogP contribution in [0.15, 0.2) is 40.9 Å². The minimum absolute atomic E-state index is 0.243. The first-order valence-corrected chi connectivity index (χ1v) is 8.28. The number of hydrogen-bond donors (Lipinski definition) is 2. The van der Waals surface area contributed by atoms with E-state index in [0.29, 0.717) is 5.69 Å². The second kappa shape index (κ2) is 5.89. The van der Waals surface area contributed by atoms with Gasteiger partial charge in [-0.3, -0.25) is 0 Å². The molecule has 0 radical (unpaired) electrons. The van der Waals surface area contributed by atoms with Crippen molar-refractivity contribution in [1.82, 2.24) is 0 Å². The number of rotatable bonds is 2. The molecule has 0 unspecified atom stereocenters. The zero-order chi connectivity index (χ0) is 16.6. The van der Waals surface area contributed by atoms with Gasteiger partial charge in [-0.25, -0.2) is 4.79 Å². The minimum Gasteiger partial charge on any atom is -0.485 e. The van der Waals surface area contributed by atoms with E-state index < -0.39 is 0 Å². The summed E-state index contributed by atoms with van der Waals surface area (Å²) in [7, 11) is 0. The molecule has 0 fully saturated rings. The van der Waals surface area contributed by atoms with E-state index in [0.717, 1.165) is 27.9 Å². The van der Waals surface area contributed by atoms with Crippen molar-refractivity contribution in [2.75, 3.05) is 10.6 Å². The predicted molar refractivity (Wildman–Crippen MR) is 96.4 cm³/mol. The molecule has 0 saturated carbocycles. The molecule has 2 aromatic carbocycles. The maximum Gasteiger partial charge on any atom is 0.323 e. The fourth-order valence-electron chi connectivity index (χ4n) is 2.72. The van der Waals surface area contributed by atoms with Gasteiger partial charge in [0.25, 0.3) is 0 Å². The summed E-state index contributed by atoms with van der Waals surface area (Å²) in [5, 5.41) is 5.70. The van der Waals surface area contributed by atoms with Gasteiger partial charge in [0.05, 0.1) is 5.69 Å². The van der Waals surface area contributed by atoms with Gasteiger partial charge < -0.3 is 15.4 Å². The van der Waals surface area contributed by atoms with Crippen LogP contribution in [-0.4, -0.2) is 11.6 Å². The summed E-state index contributed by atoms with van der Waals surface area (Å²) in [6.07, 6.45) is 0.845. The molecule has 1 heterocycles. The summed E-state index contributed by atoms with van der Waals surface area (Å²) in [5.41, 5.74) is 3.54. The Balaban J connectivity index is 1.78. The van der Waals surface area contributed by atoms with Gasteiger partial charge in [-0.1, -0.05) is 22.0 Å². The average Bonchev–Trinajstić information content (AvgIpc) is 2.81. The molecule has 0 saturated heterocycles. The molecule has 2 amide bonds. The van der Waals surface area contributed by atoms with Gasteiger partial charge in [-0.05, 0) is 56.7 Å². The fourth-order valence-corrected chi connectivity index (χ4v) is 2.98. The van der Waals surface area contributed by atoms with Gasteiger partial charge in [0.2, 0.25) is 0 Å². The van der Waals surface area contributed by atoms with Crippen molar-refractivity contribution in [3.05, 3.63) is 52.0 Å². The number of carbonyl (C=O) groups excluding carboxylic acids is 1. The summed E-state index contributed by atoms with van der Waals surface area (Å²) >= 11 is 3.37.